The van der Waals surface area contributed by atoms with Crippen molar-refractivity contribution in [3.63, 3.8) is 0 Å². The fraction of sp³-hybridized carbons (Fsp3) is 0.800. The van der Waals surface area contributed by atoms with Crippen molar-refractivity contribution < 1.29 is 8.42 Å². The highest BCUT2D eigenvalue weighted by Crippen LogP contribution is 2.11. The first-order valence-electron chi connectivity index (χ1n) is 5.56. The largest absolute Gasteiger partial charge is 0.326 e. The standard InChI is InChI=1S/C10H20N4O2S/c1-7(2)14-10(12-6-13-14)5-9(11)8(3)17(4,15)16/h6-9H,5,11H2,1-4H3. The van der Waals surface area contributed by atoms with Gasteiger partial charge in [0.15, 0.2) is 9.84 Å². The first-order valence-corrected chi connectivity index (χ1v) is 7.51. The van der Waals surface area contributed by atoms with E-state index in [2.05, 4.69) is 10.1 Å². The molecule has 6 nitrogen and oxygen atoms in total. The molecule has 7 heteroatoms. The first kappa shape index (κ1) is 14.1. The van der Waals surface area contributed by atoms with Crippen LogP contribution >= 0.6 is 0 Å². The maximum Gasteiger partial charge on any atom is 0.151 e. The van der Waals surface area contributed by atoms with Crippen LogP contribution < -0.4 is 5.73 Å². The van der Waals surface area contributed by atoms with Gasteiger partial charge in [0.1, 0.15) is 12.2 Å². The Hall–Kier alpha value is -0.950. The predicted octanol–water partition coefficient (Wildman–Crippen LogP) is 0.162. The average Bonchev–Trinajstić information content (AvgIpc) is 2.63. The van der Waals surface area contributed by atoms with Gasteiger partial charge in [0.25, 0.3) is 0 Å². The molecule has 0 aromatic carbocycles. The zero-order chi connectivity index (χ0) is 13.2. The van der Waals surface area contributed by atoms with Gasteiger partial charge in [-0.2, -0.15) is 5.10 Å². The summed E-state index contributed by atoms with van der Waals surface area (Å²) in [4.78, 5) is 4.12. The molecule has 0 fully saturated rings. The summed E-state index contributed by atoms with van der Waals surface area (Å²) in [5.41, 5.74) is 5.90. The highest BCUT2D eigenvalue weighted by atomic mass is 32.2. The van der Waals surface area contributed by atoms with E-state index >= 15 is 0 Å². The lowest BCUT2D eigenvalue weighted by molar-refractivity contribution is 0.485. The molecular weight excluding hydrogens is 240 g/mol. The van der Waals surface area contributed by atoms with E-state index in [1.165, 1.54) is 12.6 Å². The second-order valence-corrected chi connectivity index (χ2v) is 7.02. The Bertz CT molecular complexity index is 466. The van der Waals surface area contributed by atoms with E-state index in [0.717, 1.165) is 5.82 Å². The lowest BCUT2D eigenvalue weighted by Crippen LogP contribution is -2.40. The van der Waals surface area contributed by atoms with E-state index in [9.17, 15) is 8.42 Å². The number of sulfone groups is 1. The highest BCUT2D eigenvalue weighted by Gasteiger charge is 2.24. The Balaban J connectivity index is 2.81. The topological polar surface area (TPSA) is 90.9 Å². The van der Waals surface area contributed by atoms with E-state index in [1.54, 1.807) is 11.6 Å². The fourth-order valence-corrected chi connectivity index (χ4v) is 2.28. The lowest BCUT2D eigenvalue weighted by Gasteiger charge is -2.18. The van der Waals surface area contributed by atoms with Crippen LogP contribution in [0.5, 0.6) is 0 Å². The van der Waals surface area contributed by atoms with Gasteiger partial charge in [-0.05, 0) is 20.8 Å². The highest BCUT2D eigenvalue weighted by molar-refractivity contribution is 7.91. The smallest absolute Gasteiger partial charge is 0.151 e. The molecule has 2 atom stereocenters. The van der Waals surface area contributed by atoms with Crippen LogP contribution in [0.4, 0.5) is 0 Å². The Kier molecular flexibility index (Phi) is 4.26. The fourth-order valence-electron chi connectivity index (χ4n) is 1.55. The molecule has 0 aliphatic rings. The van der Waals surface area contributed by atoms with Crippen molar-refractivity contribution in [3.05, 3.63) is 12.2 Å². The SMILES string of the molecule is CC(C)n1ncnc1CC(N)C(C)S(C)(=O)=O. The molecule has 2 N–H and O–H groups in total. The quantitative estimate of drug-likeness (QED) is 0.814. The molecule has 0 amide bonds. The third-order valence-corrected chi connectivity index (χ3v) is 4.53. The zero-order valence-electron chi connectivity index (χ0n) is 10.7. The number of nitrogens with zero attached hydrogens (tertiary/aromatic N) is 3. The summed E-state index contributed by atoms with van der Waals surface area (Å²) in [6.45, 7) is 5.60. The Morgan fingerprint density at radius 3 is 2.47 bits per heavy atom. The van der Waals surface area contributed by atoms with E-state index in [0.29, 0.717) is 6.42 Å². The van der Waals surface area contributed by atoms with Crippen LogP contribution in [0.15, 0.2) is 6.33 Å². The van der Waals surface area contributed by atoms with Gasteiger partial charge in [0.2, 0.25) is 0 Å². The van der Waals surface area contributed by atoms with Gasteiger partial charge in [-0.1, -0.05) is 0 Å². The molecular formula is C10H20N4O2S. The predicted molar refractivity (Wildman–Crippen MR) is 66.4 cm³/mol. The second kappa shape index (κ2) is 5.14. The number of rotatable bonds is 5. The molecule has 1 aromatic rings. The summed E-state index contributed by atoms with van der Waals surface area (Å²) in [6, 6.07) is -0.278. The minimum Gasteiger partial charge on any atom is -0.326 e. The van der Waals surface area contributed by atoms with Crippen molar-refractivity contribution in [1.29, 1.82) is 0 Å². The summed E-state index contributed by atoms with van der Waals surface area (Å²) in [5.74, 6) is 0.725. The van der Waals surface area contributed by atoms with E-state index in [4.69, 9.17) is 5.73 Å². The van der Waals surface area contributed by atoms with Crippen molar-refractivity contribution >= 4 is 9.84 Å². The minimum absolute atomic E-state index is 0.188. The number of hydrogen-bond donors (Lipinski definition) is 1. The van der Waals surface area contributed by atoms with Crippen LogP contribution in [0.25, 0.3) is 0 Å². The molecule has 17 heavy (non-hydrogen) atoms. The van der Waals surface area contributed by atoms with Crippen molar-refractivity contribution in [2.45, 2.75) is 44.5 Å². The van der Waals surface area contributed by atoms with Crippen LogP contribution in [-0.4, -0.2) is 40.7 Å². The van der Waals surface area contributed by atoms with Crippen molar-refractivity contribution in [1.82, 2.24) is 14.8 Å². The third-order valence-electron chi connectivity index (χ3n) is 2.83. The van der Waals surface area contributed by atoms with Gasteiger partial charge in [0, 0.05) is 24.8 Å². The molecule has 0 radical (unpaired) electrons. The summed E-state index contributed by atoms with van der Waals surface area (Å²) in [5, 5.41) is 3.51. The maximum absolute atomic E-state index is 11.4. The maximum atomic E-state index is 11.4. The van der Waals surface area contributed by atoms with Gasteiger partial charge < -0.3 is 5.73 Å². The van der Waals surface area contributed by atoms with Crippen LogP contribution in [0, 0.1) is 0 Å². The summed E-state index contributed by atoms with van der Waals surface area (Å²) in [7, 11) is -3.12. The van der Waals surface area contributed by atoms with Crippen LogP contribution in [0.2, 0.25) is 0 Å². The van der Waals surface area contributed by atoms with E-state index in [1.807, 2.05) is 13.8 Å². The Labute approximate surface area is 102 Å². The number of nitrogens with two attached hydrogens (primary N) is 1. The van der Waals surface area contributed by atoms with Gasteiger partial charge in [-0.15, -0.1) is 0 Å². The molecule has 1 heterocycles. The molecule has 0 spiro atoms. The molecule has 0 aliphatic carbocycles. The van der Waals surface area contributed by atoms with Gasteiger partial charge >= 0.3 is 0 Å². The molecule has 0 saturated carbocycles. The number of hydrogen-bond acceptors (Lipinski definition) is 5. The number of aromatic nitrogens is 3. The normalized spacial score (nSPS) is 16.1. The van der Waals surface area contributed by atoms with Gasteiger partial charge in [0.05, 0.1) is 5.25 Å². The van der Waals surface area contributed by atoms with Gasteiger partial charge in [-0.3, -0.25) is 0 Å². The summed E-state index contributed by atoms with van der Waals surface area (Å²) < 4.78 is 24.6. The van der Waals surface area contributed by atoms with Crippen molar-refractivity contribution in [3.8, 4) is 0 Å². The second-order valence-electron chi connectivity index (χ2n) is 4.62. The molecule has 2 unspecified atom stereocenters. The molecule has 0 saturated heterocycles. The van der Waals surface area contributed by atoms with Crippen LogP contribution in [-0.2, 0) is 16.3 Å². The molecule has 1 rings (SSSR count). The van der Waals surface area contributed by atoms with Crippen molar-refractivity contribution in [2.75, 3.05) is 6.26 Å². The monoisotopic (exact) mass is 260 g/mol. The Morgan fingerprint density at radius 2 is 2.00 bits per heavy atom. The van der Waals surface area contributed by atoms with Crippen LogP contribution in [0.3, 0.4) is 0 Å². The van der Waals surface area contributed by atoms with Crippen LogP contribution in [0.1, 0.15) is 32.6 Å². The molecule has 98 valence electrons. The third kappa shape index (κ3) is 3.50. The first-order chi connectivity index (χ1) is 7.73. The van der Waals surface area contributed by atoms with Gasteiger partial charge in [-0.25, -0.2) is 18.1 Å². The lowest BCUT2D eigenvalue weighted by atomic mass is 10.1. The molecule has 1 aromatic heterocycles. The summed E-state index contributed by atoms with van der Waals surface area (Å²) >= 11 is 0. The van der Waals surface area contributed by atoms with E-state index in [-0.39, 0.29) is 6.04 Å². The molecule has 0 aliphatic heterocycles. The molecule has 0 bridgehead atoms. The summed E-state index contributed by atoms with van der Waals surface area (Å²) in [6.07, 6.45) is 3.07. The van der Waals surface area contributed by atoms with E-state index < -0.39 is 21.1 Å². The van der Waals surface area contributed by atoms with Crippen molar-refractivity contribution in [2.24, 2.45) is 5.73 Å². The Morgan fingerprint density at radius 1 is 1.41 bits per heavy atom. The minimum atomic E-state index is -3.12. The average molecular weight is 260 g/mol. The zero-order valence-corrected chi connectivity index (χ0v) is 11.5.